The number of hydrogen-bond donors (Lipinski definition) is 1. The Bertz CT molecular complexity index is 2240. The first-order valence-corrected chi connectivity index (χ1v) is 20.6. The highest BCUT2D eigenvalue weighted by atomic mass is 19.4. The van der Waals surface area contributed by atoms with E-state index in [4.69, 9.17) is 14.7 Å². The number of H-pyrrole nitrogens is 1. The van der Waals surface area contributed by atoms with Crippen LogP contribution in [0.5, 0.6) is 5.75 Å². The number of piperidine rings is 1. The highest BCUT2D eigenvalue weighted by Gasteiger charge is 2.55. The summed E-state index contributed by atoms with van der Waals surface area (Å²) in [5.74, 6) is 1.63. The highest BCUT2D eigenvalue weighted by molar-refractivity contribution is 6.06. The summed E-state index contributed by atoms with van der Waals surface area (Å²) in [7, 11) is 4.34. The third-order valence-electron chi connectivity index (χ3n) is 14.2. The highest BCUT2D eigenvalue weighted by Crippen LogP contribution is 2.55. The minimum atomic E-state index is -4.55. The second-order valence-electron chi connectivity index (χ2n) is 18.4. The second-order valence-corrected chi connectivity index (χ2v) is 18.4. The second kappa shape index (κ2) is 13.3. The van der Waals surface area contributed by atoms with Crippen LogP contribution in [0.3, 0.4) is 0 Å². The zero-order valence-corrected chi connectivity index (χ0v) is 33.2. The van der Waals surface area contributed by atoms with E-state index in [0.717, 1.165) is 130 Å². The van der Waals surface area contributed by atoms with Crippen molar-refractivity contribution in [3.63, 3.8) is 0 Å². The molecule has 0 unspecified atom stereocenters. The summed E-state index contributed by atoms with van der Waals surface area (Å²) >= 11 is 0. The number of anilines is 2. The predicted molar refractivity (Wildman–Crippen MR) is 215 cm³/mol. The number of likely N-dealkylation sites (N-methyl/N-ethyl adjacent to an activating group) is 1. The fraction of sp³-hybridized carbons (Fsp3) is 0.581. The van der Waals surface area contributed by atoms with Gasteiger partial charge in [0.1, 0.15) is 11.3 Å². The number of nitrogens with one attached hydrogen (secondary N) is 1. The van der Waals surface area contributed by atoms with Gasteiger partial charge in [0, 0.05) is 91.6 Å². The fourth-order valence-electron chi connectivity index (χ4n) is 10.8. The van der Waals surface area contributed by atoms with Crippen LogP contribution in [0.25, 0.3) is 32.9 Å². The van der Waals surface area contributed by atoms with Crippen LogP contribution in [0.4, 0.5) is 24.9 Å². The van der Waals surface area contributed by atoms with E-state index in [1.165, 1.54) is 12.5 Å². The molecule has 4 aromatic rings. The Labute approximate surface area is 331 Å². The van der Waals surface area contributed by atoms with E-state index in [-0.39, 0.29) is 28.4 Å². The lowest BCUT2D eigenvalue weighted by molar-refractivity contribution is -0.153. The fourth-order valence-corrected chi connectivity index (χ4v) is 10.8. The van der Waals surface area contributed by atoms with Gasteiger partial charge >= 0.3 is 6.18 Å². The Morgan fingerprint density at radius 2 is 1.75 bits per heavy atom. The SMILES string of the molecule is C=CC(=O)N1CC2(CCN(c3nc(N4CC5(CC(N6CC[C@H](N(C)C)C6)C5)C4)nc4c(OCC(F)(F)F)c(-c5c(C)ccc6[nH]ncc56)c(C5CC5)cc34)CC2)C1. The van der Waals surface area contributed by atoms with Crippen LogP contribution in [0.2, 0.25) is 0 Å². The summed E-state index contributed by atoms with van der Waals surface area (Å²) in [6, 6.07) is 7.30. The number of nitrogens with zero attached hydrogens (tertiary/aromatic N) is 8. The molecule has 10 rings (SSSR count). The molecule has 2 aromatic heterocycles. The maximum absolute atomic E-state index is 14.2. The number of benzene rings is 2. The van der Waals surface area contributed by atoms with Crippen molar-refractivity contribution >= 4 is 39.5 Å². The van der Waals surface area contributed by atoms with Crippen LogP contribution in [0.1, 0.15) is 62.0 Å². The number of likely N-dealkylation sites (tertiary alicyclic amines) is 2. The van der Waals surface area contributed by atoms with Gasteiger partial charge in [0.25, 0.3) is 0 Å². The Morgan fingerprint density at radius 3 is 2.42 bits per heavy atom. The first-order valence-electron chi connectivity index (χ1n) is 20.6. The number of aryl methyl sites for hydroxylation is 1. The molecule has 11 nitrogen and oxygen atoms in total. The van der Waals surface area contributed by atoms with Gasteiger partial charge in [0.15, 0.2) is 12.4 Å². The molecule has 4 saturated heterocycles. The normalized spacial score (nSPS) is 23.4. The van der Waals surface area contributed by atoms with Crippen LogP contribution in [0.15, 0.2) is 37.1 Å². The van der Waals surface area contributed by atoms with Gasteiger partial charge < -0.3 is 24.3 Å². The summed E-state index contributed by atoms with van der Waals surface area (Å²) < 4.78 is 48.6. The molecule has 1 amide bonds. The van der Waals surface area contributed by atoms with Crippen molar-refractivity contribution in [2.24, 2.45) is 10.8 Å². The summed E-state index contributed by atoms with van der Waals surface area (Å²) in [4.78, 5) is 34.2. The quantitative estimate of drug-likeness (QED) is 0.191. The number of amides is 1. The van der Waals surface area contributed by atoms with Gasteiger partial charge in [0.05, 0.1) is 11.7 Å². The molecule has 6 aliphatic rings. The van der Waals surface area contributed by atoms with Crippen molar-refractivity contribution in [1.29, 1.82) is 0 Å². The molecule has 57 heavy (non-hydrogen) atoms. The largest absolute Gasteiger partial charge is 0.481 e. The zero-order chi connectivity index (χ0) is 39.4. The van der Waals surface area contributed by atoms with E-state index in [0.29, 0.717) is 29.1 Å². The lowest BCUT2D eigenvalue weighted by Crippen LogP contribution is -2.67. The van der Waals surface area contributed by atoms with Gasteiger partial charge in [-0.1, -0.05) is 12.6 Å². The van der Waals surface area contributed by atoms with Crippen LogP contribution < -0.4 is 14.5 Å². The van der Waals surface area contributed by atoms with Crippen LogP contribution in [-0.2, 0) is 4.79 Å². The summed E-state index contributed by atoms with van der Waals surface area (Å²) in [6.45, 7) is 11.0. The maximum atomic E-state index is 14.2. The van der Waals surface area contributed by atoms with Gasteiger partial charge in [-0.3, -0.25) is 14.8 Å². The molecule has 1 N–H and O–H groups in total. The molecule has 14 heteroatoms. The predicted octanol–water partition coefficient (Wildman–Crippen LogP) is 6.52. The minimum absolute atomic E-state index is 0.0334. The lowest BCUT2D eigenvalue weighted by Gasteiger charge is -2.60. The number of aromatic amines is 1. The molecular formula is C43H52F3N9O2. The van der Waals surface area contributed by atoms with Crippen molar-refractivity contribution < 1.29 is 22.7 Å². The zero-order valence-electron chi connectivity index (χ0n) is 33.2. The van der Waals surface area contributed by atoms with Gasteiger partial charge in [-0.15, -0.1) is 0 Å². The number of ether oxygens (including phenoxy) is 1. The molecule has 2 spiro atoms. The molecular weight excluding hydrogens is 732 g/mol. The molecule has 2 aromatic carbocycles. The van der Waals surface area contributed by atoms with E-state index >= 15 is 0 Å². The molecule has 6 heterocycles. The molecule has 6 fully saturated rings. The van der Waals surface area contributed by atoms with Crippen LogP contribution in [-0.4, -0.2) is 132 Å². The van der Waals surface area contributed by atoms with Crippen molar-refractivity contribution in [1.82, 2.24) is 34.9 Å². The summed E-state index contributed by atoms with van der Waals surface area (Å²) in [5, 5.41) is 8.95. The molecule has 0 bridgehead atoms. The number of carbonyl (C=O) groups is 1. The minimum Gasteiger partial charge on any atom is -0.481 e. The number of aromatic nitrogens is 4. The van der Waals surface area contributed by atoms with Gasteiger partial charge in [-0.05, 0) is 107 Å². The monoisotopic (exact) mass is 783 g/mol. The average molecular weight is 784 g/mol. The summed E-state index contributed by atoms with van der Waals surface area (Å²) in [5.41, 5.74) is 4.91. The number of rotatable bonds is 9. The van der Waals surface area contributed by atoms with E-state index < -0.39 is 12.8 Å². The smallest absolute Gasteiger partial charge is 0.422 e. The number of carbonyl (C=O) groups excluding carboxylic acids is 1. The Balaban J connectivity index is 1.05. The number of alkyl halides is 3. The van der Waals surface area contributed by atoms with E-state index in [2.05, 4.69) is 56.5 Å². The molecule has 1 atom stereocenters. The topological polar surface area (TPSA) is 97.0 Å². The molecule has 2 saturated carbocycles. The van der Waals surface area contributed by atoms with E-state index in [1.54, 1.807) is 6.20 Å². The average Bonchev–Trinajstić information content (AvgIpc) is 3.66. The summed E-state index contributed by atoms with van der Waals surface area (Å²) in [6.07, 6.45) is 5.75. The Morgan fingerprint density at radius 1 is 1.00 bits per heavy atom. The van der Waals surface area contributed by atoms with Gasteiger partial charge in [-0.25, -0.2) is 4.98 Å². The molecule has 4 aliphatic heterocycles. The number of hydrogen-bond acceptors (Lipinski definition) is 9. The standard InChI is InChI=1S/C43H52F3N9O2/c1-5-34(56)54-21-41(22-54)11-14-52(15-12-41)39-31-16-30(27-7-8-27)36(35-26(2)6-9-33-32(35)19-47-50-33)38(57-25-43(44,45)46)37(31)48-40(49-39)55-23-42(24-55)17-29(18-42)53-13-10-28(20-53)51(3)4/h5-6,9,16,19,27-29H,1,7-8,10-15,17-18,20-25H2,2-4H3,(H,47,50)/t28-/m0/s1. The van der Waals surface area contributed by atoms with Crippen LogP contribution >= 0.6 is 0 Å². The number of halogens is 3. The Hall–Kier alpha value is -4.43. The molecule has 2 aliphatic carbocycles. The van der Waals surface area contributed by atoms with Crippen molar-refractivity contribution in [3.05, 3.63) is 48.2 Å². The van der Waals surface area contributed by atoms with Crippen molar-refractivity contribution in [3.8, 4) is 16.9 Å². The third kappa shape index (κ3) is 6.41. The Kier molecular flexibility index (Phi) is 8.61. The van der Waals surface area contributed by atoms with E-state index in [9.17, 15) is 18.0 Å². The maximum Gasteiger partial charge on any atom is 0.422 e. The van der Waals surface area contributed by atoms with Gasteiger partial charge in [0.2, 0.25) is 11.9 Å². The third-order valence-corrected chi connectivity index (χ3v) is 14.2. The number of fused-ring (bicyclic) bond motifs is 2. The molecule has 302 valence electrons. The van der Waals surface area contributed by atoms with Crippen LogP contribution in [0, 0.1) is 17.8 Å². The lowest BCUT2D eigenvalue weighted by atomic mass is 9.60. The van der Waals surface area contributed by atoms with Crippen molar-refractivity contribution in [2.45, 2.75) is 76.0 Å². The molecule has 0 radical (unpaired) electrons. The first kappa shape index (κ1) is 36.9. The van der Waals surface area contributed by atoms with Gasteiger partial charge in [-0.2, -0.15) is 23.3 Å². The first-order chi connectivity index (χ1) is 27.3. The van der Waals surface area contributed by atoms with E-state index in [1.807, 2.05) is 24.0 Å². The van der Waals surface area contributed by atoms with Crippen molar-refractivity contribution in [2.75, 3.05) is 82.9 Å².